The van der Waals surface area contributed by atoms with Crippen LogP contribution in [0.1, 0.15) is 11.1 Å². The first-order valence-corrected chi connectivity index (χ1v) is 7.24. The molecule has 0 aliphatic rings. The number of amides is 1. The van der Waals surface area contributed by atoms with Crippen molar-refractivity contribution in [2.75, 3.05) is 6.26 Å². The van der Waals surface area contributed by atoms with Crippen LogP contribution in [0.2, 0.25) is 0 Å². The first-order chi connectivity index (χ1) is 9.60. The average molecular weight is 287 g/mol. The van der Waals surface area contributed by atoms with E-state index in [2.05, 4.69) is 0 Å². The van der Waals surface area contributed by atoms with Gasteiger partial charge in [0.25, 0.3) is 0 Å². The molecule has 0 aliphatic heterocycles. The van der Waals surface area contributed by atoms with Gasteiger partial charge in [0.2, 0.25) is 5.91 Å². The molecule has 0 saturated carbocycles. The van der Waals surface area contributed by atoms with Crippen LogP contribution in [0.3, 0.4) is 0 Å². The molecule has 0 radical (unpaired) electrons. The number of hydrogen-bond donors (Lipinski definition) is 1. The van der Waals surface area contributed by atoms with Crippen molar-refractivity contribution in [2.45, 2.75) is 4.90 Å². The standard InChI is InChI=1S/C16H14FNOS/c1-20-14-8-2-11(3-9-14)10-15(16(18)19)12-4-6-13(17)7-5-12/h2-10H,1H3,(H2,18,19)/b15-10+. The number of nitrogens with two attached hydrogens (primary N) is 1. The van der Waals surface area contributed by atoms with E-state index in [1.54, 1.807) is 30.0 Å². The summed E-state index contributed by atoms with van der Waals surface area (Å²) in [6.07, 6.45) is 3.71. The summed E-state index contributed by atoms with van der Waals surface area (Å²) in [5.74, 6) is -0.882. The van der Waals surface area contributed by atoms with Crippen molar-refractivity contribution < 1.29 is 9.18 Å². The zero-order valence-corrected chi connectivity index (χ0v) is 11.8. The van der Waals surface area contributed by atoms with Gasteiger partial charge in [-0.25, -0.2) is 4.39 Å². The van der Waals surface area contributed by atoms with Crippen LogP contribution in [0.5, 0.6) is 0 Å². The normalized spacial score (nSPS) is 11.4. The fourth-order valence-corrected chi connectivity index (χ4v) is 2.20. The van der Waals surface area contributed by atoms with E-state index in [0.717, 1.165) is 10.5 Å². The second-order valence-electron chi connectivity index (χ2n) is 4.20. The second-order valence-corrected chi connectivity index (χ2v) is 5.08. The third-order valence-corrected chi connectivity index (χ3v) is 3.59. The number of thioether (sulfide) groups is 1. The molecule has 0 saturated heterocycles. The molecular weight excluding hydrogens is 273 g/mol. The SMILES string of the molecule is CSc1ccc(/C=C(/C(N)=O)c2ccc(F)cc2)cc1. The highest BCUT2D eigenvalue weighted by Crippen LogP contribution is 2.21. The molecule has 0 spiro atoms. The molecule has 0 unspecified atom stereocenters. The predicted octanol–water partition coefficient (Wildman–Crippen LogP) is 3.57. The molecule has 4 heteroatoms. The summed E-state index contributed by atoms with van der Waals surface area (Å²) >= 11 is 1.65. The fraction of sp³-hybridized carbons (Fsp3) is 0.0625. The molecule has 0 aromatic heterocycles. The Hall–Kier alpha value is -2.07. The van der Waals surface area contributed by atoms with Crippen molar-refractivity contribution in [3.63, 3.8) is 0 Å². The van der Waals surface area contributed by atoms with Crippen LogP contribution in [0.25, 0.3) is 11.6 Å². The Labute approximate surface area is 121 Å². The number of primary amides is 1. The first-order valence-electron chi connectivity index (χ1n) is 6.01. The summed E-state index contributed by atoms with van der Waals surface area (Å²) in [7, 11) is 0. The lowest BCUT2D eigenvalue weighted by Crippen LogP contribution is -2.12. The van der Waals surface area contributed by atoms with Crippen LogP contribution < -0.4 is 5.73 Å². The highest BCUT2D eigenvalue weighted by Gasteiger charge is 2.08. The van der Waals surface area contributed by atoms with E-state index in [0.29, 0.717) is 11.1 Å². The smallest absolute Gasteiger partial charge is 0.249 e. The minimum absolute atomic E-state index is 0.345. The summed E-state index contributed by atoms with van der Waals surface area (Å²) in [5.41, 5.74) is 7.25. The molecule has 2 aromatic rings. The molecule has 0 fully saturated rings. The van der Waals surface area contributed by atoms with Crippen molar-refractivity contribution >= 4 is 29.3 Å². The third kappa shape index (κ3) is 3.48. The molecule has 1 amide bonds. The van der Waals surface area contributed by atoms with Crippen LogP contribution in [-0.4, -0.2) is 12.2 Å². The van der Waals surface area contributed by atoms with Crippen molar-refractivity contribution in [1.29, 1.82) is 0 Å². The average Bonchev–Trinajstić information content (AvgIpc) is 2.46. The van der Waals surface area contributed by atoms with Crippen molar-refractivity contribution in [2.24, 2.45) is 5.73 Å². The van der Waals surface area contributed by atoms with Gasteiger partial charge in [0.05, 0.1) is 0 Å². The lowest BCUT2D eigenvalue weighted by atomic mass is 10.0. The quantitative estimate of drug-likeness (QED) is 0.530. The highest BCUT2D eigenvalue weighted by atomic mass is 32.2. The lowest BCUT2D eigenvalue weighted by molar-refractivity contribution is -0.112. The molecule has 2 rings (SSSR count). The Bertz CT molecular complexity index is 633. The zero-order chi connectivity index (χ0) is 14.5. The fourth-order valence-electron chi connectivity index (χ4n) is 1.79. The van der Waals surface area contributed by atoms with E-state index in [-0.39, 0.29) is 5.82 Å². The molecule has 2 aromatic carbocycles. The van der Waals surface area contributed by atoms with Gasteiger partial charge in [-0.15, -0.1) is 11.8 Å². The number of carbonyl (C=O) groups is 1. The van der Waals surface area contributed by atoms with E-state index in [9.17, 15) is 9.18 Å². The topological polar surface area (TPSA) is 43.1 Å². The molecule has 0 heterocycles. The van der Waals surface area contributed by atoms with Crippen molar-refractivity contribution in [3.05, 3.63) is 65.5 Å². The van der Waals surface area contributed by atoms with Crippen LogP contribution in [-0.2, 0) is 4.79 Å². The maximum absolute atomic E-state index is 12.9. The Morgan fingerprint density at radius 1 is 1.10 bits per heavy atom. The first kappa shape index (κ1) is 14.3. The van der Waals surface area contributed by atoms with Gasteiger partial charge in [-0.1, -0.05) is 24.3 Å². The van der Waals surface area contributed by atoms with Crippen LogP contribution in [0.4, 0.5) is 4.39 Å². The molecular formula is C16H14FNOS. The van der Waals surface area contributed by atoms with Gasteiger partial charge in [0.15, 0.2) is 0 Å². The van der Waals surface area contributed by atoms with Gasteiger partial charge >= 0.3 is 0 Å². The lowest BCUT2D eigenvalue weighted by Gasteiger charge is -2.05. The number of halogens is 1. The van der Waals surface area contributed by atoms with E-state index < -0.39 is 5.91 Å². The highest BCUT2D eigenvalue weighted by molar-refractivity contribution is 7.98. The Morgan fingerprint density at radius 3 is 2.20 bits per heavy atom. The summed E-state index contributed by atoms with van der Waals surface area (Å²) in [5, 5.41) is 0. The van der Waals surface area contributed by atoms with Gasteiger partial charge in [-0.2, -0.15) is 0 Å². The van der Waals surface area contributed by atoms with Gasteiger partial charge < -0.3 is 5.73 Å². The summed E-state index contributed by atoms with van der Waals surface area (Å²) in [6.45, 7) is 0. The molecule has 2 N–H and O–H groups in total. The van der Waals surface area contributed by atoms with Crippen LogP contribution >= 0.6 is 11.8 Å². The Balaban J connectivity index is 2.39. The Morgan fingerprint density at radius 2 is 1.70 bits per heavy atom. The largest absolute Gasteiger partial charge is 0.366 e. The predicted molar refractivity (Wildman–Crippen MR) is 81.7 cm³/mol. The van der Waals surface area contributed by atoms with E-state index in [1.165, 1.54) is 12.1 Å². The van der Waals surface area contributed by atoms with Crippen LogP contribution in [0, 0.1) is 5.82 Å². The molecule has 2 nitrogen and oxygen atoms in total. The van der Waals surface area contributed by atoms with Crippen molar-refractivity contribution in [1.82, 2.24) is 0 Å². The van der Waals surface area contributed by atoms with Gasteiger partial charge in [0.1, 0.15) is 5.82 Å². The van der Waals surface area contributed by atoms with Crippen molar-refractivity contribution in [3.8, 4) is 0 Å². The summed E-state index contributed by atoms with van der Waals surface area (Å²) in [4.78, 5) is 12.7. The number of carbonyl (C=O) groups excluding carboxylic acids is 1. The van der Waals surface area contributed by atoms with Gasteiger partial charge in [0, 0.05) is 10.5 Å². The van der Waals surface area contributed by atoms with Gasteiger partial charge in [-0.05, 0) is 47.7 Å². The molecule has 0 bridgehead atoms. The maximum atomic E-state index is 12.9. The Kier molecular flexibility index (Phi) is 4.58. The van der Waals surface area contributed by atoms with E-state index in [1.807, 2.05) is 30.5 Å². The van der Waals surface area contributed by atoms with Crippen LogP contribution in [0.15, 0.2) is 53.4 Å². The molecule has 102 valence electrons. The summed E-state index contributed by atoms with van der Waals surface area (Å²) in [6, 6.07) is 13.5. The van der Waals surface area contributed by atoms with Gasteiger partial charge in [-0.3, -0.25) is 4.79 Å². The number of hydrogen-bond acceptors (Lipinski definition) is 2. The number of rotatable bonds is 4. The third-order valence-electron chi connectivity index (χ3n) is 2.85. The minimum Gasteiger partial charge on any atom is -0.366 e. The molecule has 20 heavy (non-hydrogen) atoms. The maximum Gasteiger partial charge on any atom is 0.249 e. The minimum atomic E-state index is -0.537. The molecule has 0 atom stereocenters. The molecule has 0 aliphatic carbocycles. The second kappa shape index (κ2) is 6.39. The zero-order valence-electron chi connectivity index (χ0n) is 11.0. The van der Waals surface area contributed by atoms with E-state index in [4.69, 9.17) is 5.73 Å². The van der Waals surface area contributed by atoms with E-state index >= 15 is 0 Å². The summed E-state index contributed by atoms with van der Waals surface area (Å²) < 4.78 is 12.9. The monoisotopic (exact) mass is 287 g/mol. The number of benzene rings is 2.